The maximum Gasteiger partial charge on any atom is 0.335 e. The first kappa shape index (κ1) is 21.0. The number of benzene rings is 3. The van der Waals surface area contributed by atoms with Crippen molar-refractivity contribution in [3.05, 3.63) is 96.6 Å². The summed E-state index contributed by atoms with van der Waals surface area (Å²) in [5, 5.41) is 9.11. The molecule has 0 aliphatic rings. The van der Waals surface area contributed by atoms with Crippen molar-refractivity contribution >= 4 is 21.9 Å². The number of carboxylic acids is 1. The number of ether oxygens (including phenoxy) is 1. The quantitative estimate of drug-likeness (QED) is 0.430. The number of nitrogens with one attached hydrogen (secondary N) is 1. The lowest BCUT2D eigenvalue weighted by molar-refractivity contribution is 0.0697. The lowest BCUT2D eigenvalue weighted by Gasteiger charge is -2.11. The number of nitrogens with zero attached hydrogens (tertiary/aromatic N) is 2. The fourth-order valence-corrected chi connectivity index (χ4v) is 3.81. The van der Waals surface area contributed by atoms with Crippen LogP contribution >= 0.6 is 0 Å². The van der Waals surface area contributed by atoms with Crippen LogP contribution in [0.2, 0.25) is 0 Å². The van der Waals surface area contributed by atoms with Crippen molar-refractivity contribution in [3.63, 3.8) is 0 Å². The van der Waals surface area contributed by atoms with Gasteiger partial charge in [-0.2, -0.15) is 4.98 Å². The Morgan fingerprint density at radius 3 is 2.09 bits per heavy atom. The van der Waals surface area contributed by atoms with Gasteiger partial charge in [-0.05, 0) is 36.4 Å². The molecule has 3 aromatic carbocycles. The predicted octanol–water partition coefficient (Wildman–Crippen LogP) is 4.43. The Morgan fingerprint density at radius 2 is 1.47 bits per heavy atom. The highest BCUT2D eigenvalue weighted by Gasteiger charge is 2.17. The van der Waals surface area contributed by atoms with Gasteiger partial charge in [-0.15, -0.1) is 0 Å². The molecule has 0 unspecified atom stereocenters. The summed E-state index contributed by atoms with van der Waals surface area (Å²) in [5.74, 6) is -0.604. The van der Waals surface area contributed by atoms with E-state index in [0.29, 0.717) is 17.0 Å². The van der Waals surface area contributed by atoms with Gasteiger partial charge in [-0.25, -0.2) is 22.9 Å². The van der Waals surface area contributed by atoms with Gasteiger partial charge in [0.25, 0.3) is 10.0 Å². The molecule has 0 atom stereocenters. The molecular weight excluding hydrogens is 430 g/mol. The third-order valence-electron chi connectivity index (χ3n) is 4.38. The van der Waals surface area contributed by atoms with E-state index in [-0.39, 0.29) is 22.3 Å². The van der Waals surface area contributed by atoms with E-state index < -0.39 is 16.0 Å². The molecule has 9 heteroatoms. The first-order valence-corrected chi connectivity index (χ1v) is 10.9. The number of hydrogen-bond acceptors (Lipinski definition) is 6. The SMILES string of the molecule is O=C(O)c1ccc(-c2cc(Oc3ccccc3)nc(NS(=O)(=O)c3ccccc3)n2)cc1. The zero-order chi connectivity index (χ0) is 22.6. The minimum Gasteiger partial charge on any atom is -0.478 e. The number of hydrogen-bond donors (Lipinski definition) is 2. The molecule has 1 aromatic heterocycles. The number of rotatable bonds is 7. The zero-order valence-corrected chi connectivity index (χ0v) is 17.4. The van der Waals surface area contributed by atoms with Crippen LogP contribution in [-0.2, 0) is 10.0 Å². The Morgan fingerprint density at radius 1 is 0.844 bits per heavy atom. The van der Waals surface area contributed by atoms with Crippen molar-refractivity contribution in [2.75, 3.05) is 4.72 Å². The van der Waals surface area contributed by atoms with E-state index in [2.05, 4.69) is 14.7 Å². The molecule has 0 fully saturated rings. The van der Waals surface area contributed by atoms with Crippen molar-refractivity contribution in [2.24, 2.45) is 0 Å². The van der Waals surface area contributed by atoms with E-state index >= 15 is 0 Å². The van der Waals surface area contributed by atoms with E-state index in [1.807, 2.05) is 6.07 Å². The Kier molecular flexibility index (Phi) is 5.82. The Balaban J connectivity index is 1.74. The normalized spacial score (nSPS) is 11.0. The molecule has 32 heavy (non-hydrogen) atoms. The minimum atomic E-state index is -3.93. The second-order valence-electron chi connectivity index (χ2n) is 6.63. The van der Waals surface area contributed by atoms with Gasteiger partial charge in [0, 0.05) is 11.6 Å². The fourth-order valence-electron chi connectivity index (χ4n) is 2.84. The van der Waals surface area contributed by atoms with Gasteiger partial charge in [0.05, 0.1) is 16.2 Å². The van der Waals surface area contributed by atoms with Crippen LogP contribution in [0.4, 0.5) is 5.95 Å². The van der Waals surface area contributed by atoms with E-state index in [4.69, 9.17) is 9.84 Å². The first-order chi connectivity index (χ1) is 15.4. The lowest BCUT2D eigenvalue weighted by Crippen LogP contribution is -2.15. The molecule has 2 N–H and O–H groups in total. The molecule has 160 valence electrons. The zero-order valence-electron chi connectivity index (χ0n) is 16.5. The van der Waals surface area contributed by atoms with Crippen LogP contribution in [0.25, 0.3) is 11.3 Å². The van der Waals surface area contributed by atoms with Gasteiger partial charge in [-0.1, -0.05) is 48.5 Å². The van der Waals surface area contributed by atoms with Crippen molar-refractivity contribution in [1.82, 2.24) is 9.97 Å². The number of aromatic nitrogens is 2. The standard InChI is InChI=1S/C23H17N3O5S/c27-22(28)17-13-11-16(12-14-17)20-15-21(31-18-7-3-1-4-8-18)25-23(24-20)26-32(29,30)19-9-5-2-6-10-19/h1-15H,(H,27,28)(H,24,25,26). The van der Waals surface area contributed by atoms with Crippen LogP contribution in [0.1, 0.15) is 10.4 Å². The Hall–Kier alpha value is -4.24. The highest BCUT2D eigenvalue weighted by Crippen LogP contribution is 2.27. The van der Waals surface area contributed by atoms with Crippen molar-refractivity contribution in [2.45, 2.75) is 4.90 Å². The number of carbonyl (C=O) groups is 1. The van der Waals surface area contributed by atoms with Crippen LogP contribution in [0.3, 0.4) is 0 Å². The molecule has 0 radical (unpaired) electrons. The van der Waals surface area contributed by atoms with E-state index in [0.717, 1.165) is 0 Å². The summed E-state index contributed by atoms with van der Waals surface area (Å²) in [6.07, 6.45) is 0. The second kappa shape index (κ2) is 8.86. The molecular formula is C23H17N3O5S. The summed E-state index contributed by atoms with van der Waals surface area (Å²) in [7, 11) is -3.93. The maximum absolute atomic E-state index is 12.7. The van der Waals surface area contributed by atoms with Crippen LogP contribution in [0.5, 0.6) is 11.6 Å². The van der Waals surface area contributed by atoms with Gasteiger partial charge in [0.1, 0.15) is 5.75 Å². The summed E-state index contributed by atoms with van der Waals surface area (Å²) in [5.41, 5.74) is 1.04. The molecule has 0 bridgehead atoms. The van der Waals surface area contributed by atoms with Crippen LogP contribution in [0.15, 0.2) is 95.9 Å². The fraction of sp³-hybridized carbons (Fsp3) is 0. The average molecular weight is 447 g/mol. The highest BCUT2D eigenvalue weighted by molar-refractivity contribution is 7.92. The molecule has 0 spiro atoms. The van der Waals surface area contributed by atoms with Crippen molar-refractivity contribution < 1.29 is 23.1 Å². The van der Waals surface area contributed by atoms with E-state index in [1.165, 1.54) is 24.3 Å². The largest absolute Gasteiger partial charge is 0.478 e. The topological polar surface area (TPSA) is 118 Å². The number of anilines is 1. The summed E-state index contributed by atoms with van der Waals surface area (Å²) in [6.45, 7) is 0. The molecule has 4 aromatic rings. The lowest BCUT2D eigenvalue weighted by atomic mass is 10.1. The van der Waals surface area contributed by atoms with Gasteiger partial charge in [0.15, 0.2) is 0 Å². The van der Waals surface area contributed by atoms with Gasteiger partial charge >= 0.3 is 5.97 Å². The highest BCUT2D eigenvalue weighted by atomic mass is 32.2. The van der Waals surface area contributed by atoms with Crippen molar-refractivity contribution in [3.8, 4) is 22.9 Å². The van der Waals surface area contributed by atoms with Gasteiger partial charge in [0.2, 0.25) is 11.8 Å². The number of aromatic carboxylic acids is 1. The summed E-state index contributed by atoms with van der Waals surface area (Å²) in [6, 6.07) is 24.3. The summed E-state index contributed by atoms with van der Waals surface area (Å²) in [4.78, 5) is 19.7. The molecule has 1 heterocycles. The summed E-state index contributed by atoms with van der Waals surface area (Å²) >= 11 is 0. The van der Waals surface area contributed by atoms with Crippen LogP contribution in [-0.4, -0.2) is 29.5 Å². The second-order valence-corrected chi connectivity index (χ2v) is 8.31. The van der Waals surface area contributed by atoms with Crippen LogP contribution < -0.4 is 9.46 Å². The van der Waals surface area contributed by atoms with Crippen LogP contribution in [0, 0.1) is 0 Å². The molecule has 0 saturated carbocycles. The predicted molar refractivity (Wildman–Crippen MR) is 118 cm³/mol. The Labute approximate surface area is 184 Å². The third kappa shape index (κ3) is 4.90. The number of sulfonamides is 1. The molecule has 0 saturated heterocycles. The minimum absolute atomic E-state index is 0.0605. The van der Waals surface area contributed by atoms with E-state index in [9.17, 15) is 13.2 Å². The molecule has 8 nitrogen and oxygen atoms in total. The van der Waals surface area contributed by atoms with Crippen molar-refractivity contribution in [1.29, 1.82) is 0 Å². The Bertz CT molecular complexity index is 1340. The van der Waals surface area contributed by atoms with E-state index in [1.54, 1.807) is 60.7 Å². The van der Waals surface area contributed by atoms with Gasteiger partial charge in [-0.3, -0.25) is 0 Å². The first-order valence-electron chi connectivity index (χ1n) is 9.44. The molecule has 0 amide bonds. The average Bonchev–Trinajstić information content (AvgIpc) is 2.80. The number of carboxylic acid groups (broad SMARTS) is 1. The third-order valence-corrected chi connectivity index (χ3v) is 5.72. The monoisotopic (exact) mass is 447 g/mol. The molecule has 0 aliphatic heterocycles. The maximum atomic E-state index is 12.7. The number of para-hydroxylation sites is 1. The molecule has 4 rings (SSSR count). The molecule has 0 aliphatic carbocycles. The summed E-state index contributed by atoms with van der Waals surface area (Å²) < 4.78 is 33.6. The smallest absolute Gasteiger partial charge is 0.335 e. The van der Waals surface area contributed by atoms with Gasteiger partial charge < -0.3 is 9.84 Å².